The van der Waals surface area contributed by atoms with Crippen molar-refractivity contribution in [1.29, 1.82) is 0 Å². The monoisotopic (exact) mass is 460 g/mol. The normalized spacial score (nSPS) is 30.5. The van der Waals surface area contributed by atoms with Crippen molar-refractivity contribution in [2.75, 3.05) is 6.61 Å². The second-order valence-electron chi connectivity index (χ2n) is 10.2. The van der Waals surface area contributed by atoms with Crippen molar-refractivity contribution in [3.63, 3.8) is 0 Å². The molecule has 0 aliphatic heterocycles. The Kier molecular flexibility index (Phi) is 6.53. The molecule has 5 rings (SSSR count). The number of ketones is 1. The van der Waals surface area contributed by atoms with Crippen LogP contribution in [0.2, 0.25) is 0 Å². The Morgan fingerprint density at radius 2 is 1.50 bits per heavy atom. The SMILES string of the molecule is O=C(OC[C@H]1C[C@H]2CCCCC3(CC[C@H](OC(=O)c4ccccc4)[C@H]3C1)C2=O)c1ccccc1. The second kappa shape index (κ2) is 9.73. The largest absolute Gasteiger partial charge is 0.462 e. The van der Waals surface area contributed by atoms with Crippen molar-refractivity contribution in [3.05, 3.63) is 71.8 Å². The first kappa shape index (κ1) is 22.8. The summed E-state index contributed by atoms with van der Waals surface area (Å²) in [5.41, 5.74) is 0.672. The molecule has 178 valence electrons. The van der Waals surface area contributed by atoms with Crippen LogP contribution in [0.3, 0.4) is 0 Å². The molecule has 5 nitrogen and oxygen atoms in total. The van der Waals surface area contributed by atoms with Crippen molar-refractivity contribution in [3.8, 4) is 0 Å². The second-order valence-corrected chi connectivity index (χ2v) is 10.2. The molecule has 34 heavy (non-hydrogen) atoms. The van der Waals surface area contributed by atoms with Gasteiger partial charge in [0.2, 0.25) is 0 Å². The van der Waals surface area contributed by atoms with Crippen LogP contribution in [0.25, 0.3) is 0 Å². The van der Waals surface area contributed by atoms with Gasteiger partial charge in [0.25, 0.3) is 0 Å². The molecule has 3 fully saturated rings. The van der Waals surface area contributed by atoms with E-state index in [-0.39, 0.29) is 35.8 Å². The summed E-state index contributed by atoms with van der Waals surface area (Å²) in [4.78, 5) is 39.2. The van der Waals surface area contributed by atoms with E-state index in [1.165, 1.54) is 0 Å². The summed E-state index contributed by atoms with van der Waals surface area (Å²) in [6.07, 6.45) is 6.61. The van der Waals surface area contributed by atoms with Gasteiger partial charge >= 0.3 is 11.9 Å². The van der Waals surface area contributed by atoms with Gasteiger partial charge in [-0.15, -0.1) is 0 Å². The van der Waals surface area contributed by atoms with Crippen LogP contribution in [0.5, 0.6) is 0 Å². The molecule has 0 amide bonds. The molecule has 2 aromatic rings. The van der Waals surface area contributed by atoms with Crippen molar-refractivity contribution >= 4 is 17.7 Å². The van der Waals surface area contributed by atoms with Gasteiger partial charge in [0.1, 0.15) is 11.9 Å². The molecule has 3 aliphatic rings. The minimum Gasteiger partial charge on any atom is -0.462 e. The summed E-state index contributed by atoms with van der Waals surface area (Å²) in [7, 11) is 0. The van der Waals surface area contributed by atoms with Gasteiger partial charge in [0.15, 0.2) is 0 Å². The molecule has 3 aliphatic carbocycles. The predicted octanol–water partition coefficient (Wildman–Crippen LogP) is 5.63. The number of benzene rings is 2. The average Bonchev–Trinajstić information content (AvgIpc) is 3.07. The van der Waals surface area contributed by atoms with Gasteiger partial charge in [-0.3, -0.25) is 4.79 Å². The summed E-state index contributed by atoms with van der Waals surface area (Å²) in [6, 6.07) is 18.1. The molecule has 1 unspecified atom stereocenters. The van der Waals surface area contributed by atoms with E-state index >= 15 is 0 Å². The number of ether oxygens (including phenoxy) is 2. The van der Waals surface area contributed by atoms with Crippen LogP contribution in [0.4, 0.5) is 0 Å². The fourth-order valence-corrected chi connectivity index (χ4v) is 6.62. The van der Waals surface area contributed by atoms with Gasteiger partial charge in [-0.1, -0.05) is 49.2 Å². The van der Waals surface area contributed by atoms with Crippen molar-refractivity contribution in [2.24, 2.45) is 23.2 Å². The van der Waals surface area contributed by atoms with Crippen LogP contribution in [0.15, 0.2) is 60.7 Å². The van der Waals surface area contributed by atoms with E-state index in [4.69, 9.17) is 9.47 Å². The van der Waals surface area contributed by atoms with Gasteiger partial charge < -0.3 is 9.47 Å². The lowest BCUT2D eigenvalue weighted by molar-refractivity contribution is -0.135. The highest BCUT2D eigenvalue weighted by molar-refractivity contribution is 5.91. The molecule has 1 spiro atoms. The Morgan fingerprint density at radius 1 is 0.824 bits per heavy atom. The molecule has 0 radical (unpaired) electrons. The highest BCUT2D eigenvalue weighted by Crippen LogP contribution is 2.57. The van der Waals surface area contributed by atoms with E-state index in [0.717, 1.165) is 51.4 Å². The van der Waals surface area contributed by atoms with Crippen LogP contribution >= 0.6 is 0 Å². The van der Waals surface area contributed by atoms with E-state index in [9.17, 15) is 14.4 Å². The van der Waals surface area contributed by atoms with E-state index < -0.39 is 5.41 Å². The number of hydrogen-bond donors (Lipinski definition) is 0. The lowest BCUT2D eigenvalue weighted by Gasteiger charge is -2.35. The number of carbonyl (C=O) groups is 3. The molecule has 0 heterocycles. The third-order valence-electron chi connectivity index (χ3n) is 8.25. The minimum atomic E-state index is -0.402. The molecule has 5 heteroatoms. The molecule has 0 N–H and O–H groups in total. The number of rotatable bonds is 5. The number of hydrogen-bond acceptors (Lipinski definition) is 5. The van der Waals surface area contributed by atoms with Gasteiger partial charge in [0, 0.05) is 17.3 Å². The number of esters is 2. The maximum atomic E-state index is 13.8. The zero-order chi connectivity index (χ0) is 23.5. The fraction of sp³-hybridized carbons (Fsp3) is 0.483. The lowest BCUT2D eigenvalue weighted by atomic mass is 9.69. The molecule has 2 aromatic carbocycles. The Bertz CT molecular complexity index is 1030. The summed E-state index contributed by atoms with van der Waals surface area (Å²) in [5, 5.41) is 0. The van der Waals surface area contributed by atoms with Crippen LogP contribution in [0.1, 0.15) is 72.1 Å². The van der Waals surface area contributed by atoms with Crippen LogP contribution in [0, 0.1) is 23.2 Å². The van der Waals surface area contributed by atoms with Crippen molar-refractivity contribution in [2.45, 2.75) is 57.5 Å². The highest BCUT2D eigenvalue weighted by Gasteiger charge is 2.58. The standard InChI is InChI=1S/C29H32O5/c30-26-23-13-7-8-15-29(26)16-14-25(34-28(32)22-11-5-2-6-12-22)24(29)18-20(17-23)19-33-27(31)21-9-3-1-4-10-21/h1-6,9-12,20,23-25H,7-8,13-19H2/t20-,23+,24+,25-,29?/m0/s1. The third-order valence-corrected chi connectivity index (χ3v) is 8.25. The molecule has 5 atom stereocenters. The Balaban J connectivity index is 1.35. The van der Waals surface area contributed by atoms with Crippen molar-refractivity contribution < 1.29 is 23.9 Å². The van der Waals surface area contributed by atoms with Gasteiger partial charge in [-0.2, -0.15) is 0 Å². The zero-order valence-electron chi connectivity index (χ0n) is 19.5. The van der Waals surface area contributed by atoms with Gasteiger partial charge in [0.05, 0.1) is 17.7 Å². The fourth-order valence-electron chi connectivity index (χ4n) is 6.62. The summed E-state index contributed by atoms with van der Waals surface area (Å²) in [5.74, 6) is -0.207. The van der Waals surface area contributed by atoms with Crippen molar-refractivity contribution in [1.82, 2.24) is 0 Å². The molecular formula is C29H32O5. The van der Waals surface area contributed by atoms with Crippen LogP contribution in [-0.4, -0.2) is 30.4 Å². The Morgan fingerprint density at radius 3 is 2.21 bits per heavy atom. The van der Waals surface area contributed by atoms with E-state index in [1.54, 1.807) is 24.3 Å². The van der Waals surface area contributed by atoms with E-state index in [2.05, 4.69) is 0 Å². The first-order valence-corrected chi connectivity index (χ1v) is 12.6. The molecular weight excluding hydrogens is 428 g/mol. The predicted molar refractivity (Wildman–Crippen MR) is 127 cm³/mol. The Labute approximate surface area is 200 Å². The third kappa shape index (κ3) is 4.40. The topological polar surface area (TPSA) is 69.7 Å². The summed E-state index contributed by atoms with van der Waals surface area (Å²) < 4.78 is 11.8. The van der Waals surface area contributed by atoms with Crippen LogP contribution < -0.4 is 0 Å². The van der Waals surface area contributed by atoms with E-state index in [0.29, 0.717) is 23.5 Å². The maximum Gasteiger partial charge on any atom is 0.338 e. The van der Waals surface area contributed by atoms with E-state index in [1.807, 2.05) is 36.4 Å². The maximum absolute atomic E-state index is 13.8. The minimum absolute atomic E-state index is 0.0107. The number of Topliss-reactive ketones (excluding diaryl/α,β-unsaturated/α-hetero) is 1. The molecule has 3 saturated carbocycles. The first-order valence-electron chi connectivity index (χ1n) is 12.6. The van der Waals surface area contributed by atoms with Gasteiger partial charge in [-0.25, -0.2) is 9.59 Å². The van der Waals surface area contributed by atoms with Gasteiger partial charge in [-0.05, 0) is 68.7 Å². The average molecular weight is 461 g/mol. The first-order chi connectivity index (χ1) is 16.6. The number of fused-ring (bicyclic) bond motifs is 1. The Hall–Kier alpha value is -2.95. The highest BCUT2D eigenvalue weighted by atomic mass is 16.5. The lowest BCUT2D eigenvalue weighted by Crippen LogP contribution is -2.40. The smallest absolute Gasteiger partial charge is 0.338 e. The molecule has 0 aromatic heterocycles. The quantitative estimate of drug-likeness (QED) is 0.541. The molecule has 2 bridgehead atoms. The summed E-state index contributed by atoms with van der Waals surface area (Å²) >= 11 is 0. The number of carbonyl (C=O) groups excluding carboxylic acids is 3. The van der Waals surface area contributed by atoms with Crippen LogP contribution in [-0.2, 0) is 14.3 Å². The molecule has 0 saturated heterocycles. The zero-order valence-corrected chi connectivity index (χ0v) is 19.5. The summed E-state index contributed by atoms with van der Waals surface area (Å²) in [6.45, 7) is 0.295.